The summed E-state index contributed by atoms with van der Waals surface area (Å²) in [5, 5.41) is 17.7. The van der Waals surface area contributed by atoms with Crippen LogP contribution in [0.25, 0.3) is 0 Å². The van der Waals surface area contributed by atoms with Gasteiger partial charge in [-0.15, -0.1) is 0 Å². The topological polar surface area (TPSA) is 121 Å². The van der Waals surface area contributed by atoms with Gasteiger partial charge >= 0.3 is 12.1 Å². The average Bonchev–Trinajstić information content (AvgIpc) is 2.56. The van der Waals surface area contributed by atoms with Crippen molar-refractivity contribution >= 4 is 39.2 Å². The number of carboxylic acids is 1. The summed E-state index contributed by atoms with van der Waals surface area (Å²) in [6.45, 7) is 0.887. The van der Waals surface area contributed by atoms with E-state index in [0.29, 0.717) is 36.5 Å². The van der Waals surface area contributed by atoms with E-state index in [-0.39, 0.29) is 16.7 Å². The predicted octanol–water partition coefficient (Wildman–Crippen LogP) is 3.00. The number of piperidine rings is 1. The van der Waals surface area contributed by atoms with E-state index in [2.05, 4.69) is 0 Å². The monoisotopic (exact) mass is 466 g/mol. The quantitative estimate of drug-likeness (QED) is 0.629. The fourth-order valence-corrected chi connectivity index (χ4v) is 3.84. The minimum atomic E-state index is -5.08. The number of rotatable bonds is 3. The van der Waals surface area contributed by atoms with Crippen molar-refractivity contribution in [2.24, 2.45) is 11.7 Å². The SMILES string of the molecule is CS(=O)(=O)N1CCC(C(N)c2cc(Cl)c(Cl)cc2O)CC1.O=C(O)C(F)(F)F. The van der Waals surface area contributed by atoms with Crippen molar-refractivity contribution in [3.8, 4) is 5.75 Å². The molecule has 7 nitrogen and oxygen atoms in total. The fourth-order valence-electron chi connectivity index (χ4n) is 2.64. The Hall–Kier alpha value is -1.27. The van der Waals surface area contributed by atoms with Crippen LogP contribution >= 0.6 is 23.2 Å². The molecule has 0 amide bonds. The first kappa shape index (κ1) is 24.8. The highest BCUT2D eigenvalue weighted by Crippen LogP contribution is 2.37. The van der Waals surface area contributed by atoms with E-state index in [9.17, 15) is 26.7 Å². The molecular formula is C15H19Cl2F3N2O5S. The second-order valence-corrected chi connectivity index (χ2v) is 8.95. The number of hydrogen-bond acceptors (Lipinski definition) is 5. The van der Waals surface area contributed by atoms with Gasteiger partial charge in [-0.3, -0.25) is 0 Å². The number of alkyl halides is 3. The Morgan fingerprint density at radius 2 is 1.68 bits per heavy atom. The summed E-state index contributed by atoms with van der Waals surface area (Å²) in [5.41, 5.74) is 6.76. The van der Waals surface area contributed by atoms with Crippen LogP contribution in [0.4, 0.5) is 13.2 Å². The molecule has 0 aliphatic carbocycles. The summed E-state index contributed by atoms with van der Waals surface area (Å²) in [5.74, 6) is -2.65. The van der Waals surface area contributed by atoms with Crippen molar-refractivity contribution in [3.05, 3.63) is 27.7 Å². The maximum atomic E-state index is 11.5. The molecule has 1 unspecified atom stereocenters. The lowest BCUT2D eigenvalue weighted by atomic mass is 9.86. The maximum Gasteiger partial charge on any atom is 0.490 e. The van der Waals surface area contributed by atoms with Crippen molar-refractivity contribution < 1.29 is 36.6 Å². The number of sulfonamides is 1. The third-order valence-corrected chi connectivity index (χ3v) is 6.17. The van der Waals surface area contributed by atoms with Gasteiger partial charge in [-0.1, -0.05) is 23.2 Å². The van der Waals surface area contributed by atoms with Gasteiger partial charge in [-0.05, 0) is 24.8 Å². The Labute approximate surface area is 169 Å². The van der Waals surface area contributed by atoms with Crippen LogP contribution in [0.3, 0.4) is 0 Å². The molecule has 1 atom stereocenters. The number of hydrogen-bond donors (Lipinski definition) is 3. The third kappa shape index (κ3) is 6.96. The molecule has 1 aromatic carbocycles. The van der Waals surface area contributed by atoms with Gasteiger partial charge in [0.05, 0.1) is 16.3 Å². The summed E-state index contributed by atoms with van der Waals surface area (Å²) in [4.78, 5) is 8.90. The van der Waals surface area contributed by atoms with Crippen LogP contribution in [0.15, 0.2) is 12.1 Å². The largest absolute Gasteiger partial charge is 0.508 e. The van der Waals surface area contributed by atoms with Crippen molar-refractivity contribution in [1.82, 2.24) is 4.31 Å². The molecule has 1 aliphatic rings. The Bertz CT molecular complexity index is 813. The van der Waals surface area contributed by atoms with Gasteiger partial charge in [-0.25, -0.2) is 17.5 Å². The Balaban J connectivity index is 0.000000480. The van der Waals surface area contributed by atoms with Crippen LogP contribution in [-0.4, -0.2) is 54.4 Å². The molecule has 0 saturated carbocycles. The zero-order valence-corrected chi connectivity index (χ0v) is 16.9. The lowest BCUT2D eigenvalue weighted by Crippen LogP contribution is -2.40. The third-order valence-electron chi connectivity index (χ3n) is 4.15. The van der Waals surface area contributed by atoms with Gasteiger partial charge in [0, 0.05) is 30.8 Å². The molecular weight excluding hydrogens is 448 g/mol. The van der Waals surface area contributed by atoms with E-state index < -0.39 is 28.2 Å². The Morgan fingerprint density at radius 1 is 1.25 bits per heavy atom. The van der Waals surface area contributed by atoms with E-state index in [1.807, 2.05) is 0 Å². The first-order valence-corrected chi connectivity index (χ1v) is 10.4. The zero-order chi connectivity index (χ0) is 21.9. The van der Waals surface area contributed by atoms with Crippen LogP contribution in [0.5, 0.6) is 5.75 Å². The molecule has 1 heterocycles. The minimum Gasteiger partial charge on any atom is -0.508 e. The smallest absolute Gasteiger partial charge is 0.490 e. The van der Waals surface area contributed by atoms with Gasteiger partial charge in [0.1, 0.15) is 5.75 Å². The number of carbonyl (C=O) groups is 1. The van der Waals surface area contributed by atoms with E-state index in [4.69, 9.17) is 38.8 Å². The first-order valence-electron chi connectivity index (χ1n) is 7.83. The average molecular weight is 467 g/mol. The molecule has 0 bridgehead atoms. The second kappa shape index (κ2) is 9.49. The van der Waals surface area contributed by atoms with Gasteiger partial charge in [-0.2, -0.15) is 13.2 Å². The summed E-state index contributed by atoms with van der Waals surface area (Å²) in [7, 11) is -3.16. The van der Waals surface area contributed by atoms with Crippen molar-refractivity contribution in [3.63, 3.8) is 0 Å². The summed E-state index contributed by atoms with van der Waals surface area (Å²) in [6, 6.07) is 2.55. The molecule has 13 heteroatoms. The molecule has 0 spiro atoms. The number of aromatic hydroxyl groups is 1. The van der Waals surface area contributed by atoms with Crippen LogP contribution < -0.4 is 5.73 Å². The highest BCUT2D eigenvalue weighted by Gasteiger charge is 2.38. The molecule has 1 aliphatic heterocycles. The highest BCUT2D eigenvalue weighted by molar-refractivity contribution is 7.88. The number of phenols is 1. The van der Waals surface area contributed by atoms with Crippen molar-refractivity contribution in [2.75, 3.05) is 19.3 Å². The summed E-state index contributed by atoms with van der Waals surface area (Å²) >= 11 is 11.8. The number of benzene rings is 1. The van der Waals surface area contributed by atoms with Crippen LogP contribution in [0, 0.1) is 5.92 Å². The normalized spacial score (nSPS) is 17.5. The second-order valence-electron chi connectivity index (χ2n) is 6.15. The van der Waals surface area contributed by atoms with Gasteiger partial charge in [0.25, 0.3) is 0 Å². The summed E-state index contributed by atoms with van der Waals surface area (Å²) in [6.07, 6.45) is -2.58. The fraction of sp³-hybridized carbons (Fsp3) is 0.533. The van der Waals surface area contributed by atoms with Crippen LogP contribution in [0.1, 0.15) is 24.4 Å². The summed E-state index contributed by atoms with van der Waals surface area (Å²) < 4.78 is 56.2. The highest BCUT2D eigenvalue weighted by atomic mass is 35.5. The molecule has 2 rings (SSSR count). The van der Waals surface area contributed by atoms with Gasteiger partial charge in [0.15, 0.2) is 0 Å². The maximum absolute atomic E-state index is 11.5. The molecule has 160 valence electrons. The number of phenolic OH excluding ortho intramolecular Hbond substituents is 1. The molecule has 0 radical (unpaired) electrons. The number of aliphatic carboxylic acids is 1. The van der Waals surface area contributed by atoms with E-state index >= 15 is 0 Å². The van der Waals surface area contributed by atoms with Crippen molar-refractivity contribution in [1.29, 1.82) is 0 Å². The Morgan fingerprint density at radius 3 is 2.07 bits per heavy atom. The number of nitrogens with two attached hydrogens (primary N) is 1. The first-order chi connectivity index (χ1) is 12.6. The van der Waals surface area contributed by atoms with Gasteiger partial charge in [0.2, 0.25) is 10.0 Å². The van der Waals surface area contributed by atoms with Crippen molar-refractivity contribution in [2.45, 2.75) is 25.1 Å². The molecule has 1 saturated heterocycles. The predicted molar refractivity (Wildman–Crippen MR) is 97.9 cm³/mol. The number of nitrogens with zero attached hydrogens (tertiary/aromatic N) is 1. The molecule has 0 aromatic heterocycles. The van der Waals surface area contributed by atoms with E-state index in [0.717, 1.165) is 0 Å². The molecule has 28 heavy (non-hydrogen) atoms. The van der Waals surface area contributed by atoms with Crippen LogP contribution in [-0.2, 0) is 14.8 Å². The lowest BCUT2D eigenvalue weighted by molar-refractivity contribution is -0.192. The van der Waals surface area contributed by atoms with Crippen LogP contribution in [0.2, 0.25) is 10.0 Å². The number of carboxylic acid groups (broad SMARTS) is 1. The van der Waals surface area contributed by atoms with Gasteiger partial charge < -0.3 is 15.9 Å². The standard InChI is InChI=1S/C13H18Cl2N2O3S.C2HF3O2/c1-21(19,20)17-4-2-8(3-5-17)13(16)9-6-10(14)11(15)7-12(9)18;3-2(4,5)1(6)7/h6-8,13,18H,2-5,16H2,1H3;(H,6,7). The number of halogens is 5. The molecule has 1 fully saturated rings. The zero-order valence-electron chi connectivity index (χ0n) is 14.6. The minimum absolute atomic E-state index is 0.0162. The molecule has 1 aromatic rings. The molecule has 4 N–H and O–H groups in total. The Kier molecular flexibility index (Phi) is 8.39. The van der Waals surface area contributed by atoms with E-state index in [1.54, 1.807) is 6.07 Å². The lowest BCUT2D eigenvalue weighted by Gasteiger charge is -2.33. The van der Waals surface area contributed by atoms with E-state index in [1.165, 1.54) is 16.6 Å².